The van der Waals surface area contributed by atoms with Crippen LogP contribution in [0.5, 0.6) is 0 Å². The number of amides is 2. The van der Waals surface area contributed by atoms with Crippen molar-refractivity contribution < 1.29 is 14.0 Å². The van der Waals surface area contributed by atoms with Crippen molar-refractivity contribution in [3.05, 3.63) is 94.3 Å². The van der Waals surface area contributed by atoms with Gasteiger partial charge in [-0.3, -0.25) is 29.8 Å². The summed E-state index contributed by atoms with van der Waals surface area (Å²) in [6.45, 7) is 3.41. The van der Waals surface area contributed by atoms with E-state index in [0.29, 0.717) is 16.7 Å². The van der Waals surface area contributed by atoms with E-state index >= 15 is 0 Å². The predicted octanol–water partition coefficient (Wildman–Crippen LogP) is 3.01. The molecule has 0 saturated heterocycles. The Morgan fingerprint density at radius 2 is 1.74 bits per heavy atom. The molecule has 2 N–H and O–H groups in total. The van der Waals surface area contributed by atoms with E-state index in [4.69, 9.17) is 4.42 Å². The van der Waals surface area contributed by atoms with Gasteiger partial charge in [0.05, 0.1) is 11.9 Å². The minimum atomic E-state index is -0.579. The summed E-state index contributed by atoms with van der Waals surface area (Å²) in [7, 11) is 0. The molecule has 2 aromatic carbocycles. The zero-order valence-corrected chi connectivity index (χ0v) is 18.5. The summed E-state index contributed by atoms with van der Waals surface area (Å²) in [4.78, 5) is 42.2. The van der Waals surface area contributed by atoms with Crippen molar-refractivity contribution in [2.75, 3.05) is 0 Å². The van der Waals surface area contributed by atoms with Crippen molar-refractivity contribution in [3.63, 3.8) is 0 Å². The van der Waals surface area contributed by atoms with Crippen LogP contribution in [0, 0.1) is 13.8 Å². The van der Waals surface area contributed by atoms with Crippen LogP contribution in [0.4, 0.5) is 0 Å². The molecule has 0 aliphatic carbocycles. The molecule has 0 radical (unpaired) electrons. The van der Waals surface area contributed by atoms with Gasteiger partial charge in [0.25, 0.3) is 17.4 Å². The van der Waals surface area contributed by atoms with E-state index in [1.165, 1.54) is 6.33 Å². The van der Waals surface area contributed by atoms with Crippen molar-refractivity contribution in [3.8, 4) is 5.69 Å². The smallest absolute Gasteiger partial charge is 0.297 e. The average Bonchev–Trinajstić information content (AvgIpc) is 3.37. The van der Waals surface area contributed by atoms with E-state index in [2.05, 4.69) is 15.8 Å². The second-order valence-electron chi connectivity index (χ2n) is 7.91. The minimum absolute atomic E-state index is 0.0777. The summed E-state index contributed by atoms with van der Waals surface area (Å²) in [5.74, 6) is -1.04. The lowest BCUT2D eigenvalue weighted by molar-refractivity contribution is -0.122. The lowest BCUT2D eigenvalue weighted by atomic mass is 10.2. The van der Waals surface area contributed by atoms with Crippen LogP contribution in [0.15, 0.2) is 76.2 Å². The Morgan fingerprint density at radius 1 is 1.00 bits per heavy atom. The number of hydrogen-bond acceptors (Lipinski definition) is 5. The van der Waals surface area contributed by atoms with E-state index in [9.17, 15) is 14.4 Å². The predicted molar refractivity (Wildman–Crippen MR) is 127 cm³/mol. The zero-order valence-electron chi connectivity index (χ0n) is 18.5. The van der Waals surface area contributed by atoms with Gasteiger partial charge in [0.2, 0.25) is 5.58 Å². The van der Waals surface area contributed by atoms with Gasteiger partial charge in [-0.25, -0.2) is 4.98 Å². The molecular weight excluding hydrogens is 434 g/mol. The van der Waals surface area contributed by atoms with Crippen LogP contribution >= 0.6 is 0 Å². The van der Waals surface area contributed by atoms with Crippen LogP contribution in [-0.2, 0) is 11.3 Å². The number of hydrazine groups is 1. The van der Waals surface area contributed by atoms with Gasteiger partial charge < -0.3 is 8.98 Å². The van der Waals surface area contributed by atoms with Gasteiger partial charge in [0.15, 0.2) is 0 Å². The van der Waals surface area contributed by atoms with Gasteiger partial charge in [0.1, 0.15) is 17.6 Å². The Labute approximate surface area is 193 Å². The molecule has 5 rings (SSSR count). The summed E-state index contributed by atoms with van der Waals surface area (Å²) >= 11 is 0. The zero-order chi connectivity index (χ0) is 23.8. The van der Waals surface area contributed by atoms with E-state index in [-0.39, 0.29) is 12.1 Å². The molecule has 170 valence electrons. The lowest BCUT2D eigenvalue weighted by Gasteiger charge is -2.10. The summed E-state index contributed by atoms with van der Waals surface area (Å²) in [6.07, 6.45) is 1.29. The average molecular weight is 455 g/mol. The van der Waals surface area contributed by atoms with Crippen molar-refractivity contribution in [2.45, 2.75) is 20.4 Å². The molecule has 0 bridgehead atoms. The number of aryl methyl sites for hydroxylation is 1. The van der Waals surface area contributed by atoms with Crippen LogP contribution in [0.3, 0.4) is 0 Å². The first kappa shape index (κ1) is 21.2. The first-order valence-corrected chi connectivity index (χ1v) is 10.6. The van der Waals surface area contributed by atoms with E-state index < -0.39 is 17.4 Å². The Morgan fingerprint density at radius 3 is 2.53 bits per heavy atom. The molecular formula is C25H21N5O4. The minimum Gasteiger partial charge on any atom is -0.448 e. The Balaban J connectivity index is 1.30. The number of furan rings is 1. The largest absolute Gasteiger partial charge is 0.448 e. The summed E-state index contributed by atoms with van der Waals surface area (Å²) in [5.41, 5.74) is 8.37. The number of nitrogens with one attached hydrogen (secondary N) is 2. The number of carbonyl (C=O) groups is 2. The van der Waals surface area contributed by atoms with Gasteiger partial charge in [-0.2, -0.15) is 0 Å². The van der Waals surface area contributed by atoms with Crippen molar-refractivity contribution in [1.29, 1.82) is 0 Å². The van der Waals surface area contributed by atoms with Crippen LogP contribution in [0.2, 0.25) is 0 Å². The number of nitrogens with zero attached hydrogens (tertiary/aromatic N) is 3. The van der Waals surface area contributed by atoms with Gasteiger partial charge in [-0.05, 0) is 44.2 Å². The number of para-hydroxylation sites is 2. The number of carbonyl (C=O) groups excluding carboxylic acids is 2. The fraction of sp³-hybridized carbons (Fsp3) is 0.120. The highest BCUT2D eigenvalue weighted by Gasteiger charge is 2.18. The topological polar surface area (TPSA) is 111 Å². The van der Waals surface area contributed by atoms with Gasteiger partial charge in [0, 0.05) is 22.5 Å². The molecule has 9 heteroatoms. The fourth-order valence-corrected chi connectivity index (χ4v) is 4.08. The number of benzene rings is 2. The van der Waals surface area contributed by atoms with E-state index in [0.717, 1.165) is 27.0 Å². The Bertz CT molecular complexity index is 1610. The van der Waals surface area contributed by atoms with Gasteiger partial charge in [-0.15, -0.1) is 0 Å². The molecule has 0 spiro atoms. The highest BCUT2D eigenvalue weighted by Crippen LogP contribution is 2.24. The first-order chi connectivity index (χ1) is 16.4. The van der Waals surface area contributed by atoms with Crippen molar-refractivity contribution in [1.82, 2.24) is 25.0 Å². The van der Waals surface area contributed by atoms with Crippen molar-refractivity contribution >= 4 is 33.9 Å². The molecule has 34 heavy (non-hydrogen) atoms. The molecule has 0 aliphatic heterocycles. The molecule has 0 unspecified atom stereocenters. The maximum atomic E-state index is 12.8. The molecule has 2 amide bonds. The highest BCUT2D eigenvalue weighted by molar-refractivity contribution is 6.01. The molecule has 0 saturated carbocycles. The molecule has 5 aromatic rings. The molecule has 0 fully saturated rings. The molecule has 0 aliphatic rings. The van der Waals surface area contributed by atoms with E-state index in [1.807, 2.05) is 60.9 Å². The van der Waals surface area contributed by atoms with Crippen LogP contribution < -0.4 is 16.4 Å². The van der Waals surface area contributed by atoms with E-state index in [1.54, 1.807) is 18.2 Å². The lowest BCUT2D eigenvalue weighted by Crippen LogP contribution is -2.44. The fourth-order valence-electron chi connectivity index (χ4n) is 4.08. The van der Waals surface area contributed by atoms with Gasteiger partial charge >= 0.3 is 0 Å². The Hall–Kier alpha value is -4.66. The second kappa shape index (κ2) is 8.36. The number of aromatic nitrogens is 3. The quantitative estimate of drug-likeness (QED) is 0.405. The molecule has 9 nitrogen and oxygen atoms in total. The number of rotatable bonds is 4. The summed E-state index contributed by atoms with van der Waals surface area (Å²) < 4.78 is 8.72. The van der Waals surface area contributed by atoms with Crippen molar-refractivity contribution in [2.24, 2.45) is 0 Å². The maximum Gasteiger partial charge on any atom is 0.297 e. The third kappa shape index (κ3) is 3.62. The monoisotopic (exact) mass is 455 g/mol. The third-order valence-electron chi connectivity index (χ3n) is 5.67. The molecule has 3 aromatic heterocycles. The Kier molecular flexibility index (Phi) is 5.21. The second-order valence-corrected chi connectivity index (χ2v) is 7.91. The maximum absolute atomic E-state index is 12.8. The molecule has 3 heterocycles. The number of fused-ring (bicyclic) bond motifs is 3. The molecule has 0 atom stereocenters. The first-order valence-electron chi connectivity index (χ1n) is 10.6. The SMILES string of the molecule is Cc1cc(C(=O)NNC(=O)Cn2cnc3c(oc4ccccc43)c2=O)c(C)n1-c1ccccc1. The van der Waals surface area contributed by atoms with Crippen LogP contribution in [-0.4, -0.2) is 25.9 Å². The summed E-state index contributed by atoms with van der Waals surface area (Å²) in [6, 6.07) is 18.6. The standard InChI is InChI=1S/C25H21N5O4/c1-15-12-19(16(2)30(15)17-8-4-3-5-9-17)24(32)28-27-21(31)13-29-14-26-22-18-10-6-7-11-20(18)34-23(22)25(29)33/h3-12,14H,13H2,1-2H3,(H,27,31)(H,28,32). The highest BCUT2D eigenvalue weighted by atomic mass is 16.3. The third-order valence-corrected chi connectivity index (χ3v) is 5.67. The summed E-state index contributed by atoms with van der Waals surface area (Å²) in [5, 5.41) is 0.728. The van der Waals surface area contributed by atoms with Crippen LogP contribution in [0.1, 0.15) is 21.7 Å². The van der Waals surface area contributed by atoms with Crippen LogP contribution in [0.25, 0.3) is 27.8 Å². The van der Waals surface area contributed by atoms with Gasteiger partial charge in [-0.1, -0.05) is 30.3 Å². The number of hydrogen-bond donors (Lipinski definition) is 2. The normalized spacial score (nSPS) is 11.1.